The summed E-state index contributed by atoms with van der Waals surface area (Å²) in [5.74, 6) is 1.04. The Morgan fingerprint density at radius 3 is 2.71 bits per heavy atom. The van der Waals surface area contributed by atoms with Crippen molar-refractivity contribution in [2.24, 2.45) is 21.6 Å². The van der Waals surface area contributed by atoms with Gasteiger partial charge in [0, 0.05) is 58.1 Å². The number of hydrogen-bond donors (Lipinski definition) is 3. The molecule has 0 aromatic carbocycles. The molecule has 2 unspecified atom stereocenters. The van der Waals surface area contributed by atoms with Crippen molar-refractivity contribution >= 4 is 12.2 Å². The quantitative estimate of drug-likeness (QED) is 0.432. The number of alkyl halides is 3. The van der Waals surface area contributed by atoms with Gasteiger partial charge in [0.05, 0.1) is 17.5 Å². The molecule has 6 rings (SSSR count). The van der Waals surface area contributed by atoms with E-state index in [4.69, 9.17) is 10.5 Å². The molecule has 2 fully saturated rings. The predicted octanol–water partition coefficient (Wildman–Crippen LogP) is 1.93. The summed E-state index contributed by atoms with van der Waals surface area (Å²) in [6.45, 7) is 2.69. The normalized spacial score (nSPS) is 30.6. The molecule has 222 valence electrons. The lowest BCUT2D eigenvalue weighted by Crippen LogP contribution is -2.68. The number of hydrogen-bond acceptors (Lipinski definition) is 10. The number of pyridine rings is 1. The number of halogens is 3. The number of ether oxygens (including phenoxy) is 1. The maximum Gasteiger partial charge on any atom is 0.433 e. The van der Waals surface area contributed by atoms with Gasteiger partial charge in [-0.25, -0.2) is 15.0 Å². The smallest absolute Gasteiger partial charge is 0.433 e. The van der Waals surface area contributed by atoms with Crippen LogP contribution in [0.25, 0.3) is 0 Å². The van der Waals surface area contributed by atoms with E-state index in [-0.39, 0.29) is 42.5 Å². The number of nitrogens with one attached hydrogen (secondary N) is 1. The number of likely N-dealkylation sites (N-methyl/N-ethyl adjacent to an activating group) is 1. The van der Waals surface area contributed by atoms with Gasteiger partial charge >= 0.3 is 6.18 Å². The van der Waals surface area contributed by atoms with Crippen LogP contribution in [0.4, 0.5) is 13.2 Å². The molecular weight excluding hydrogens is 537 g/mol. The van der Waals surface area contributed by atoms with Crippen LogP contribution in [-0.2, 0) is 12.6 Å². The lowest BCUT2D eigenvalue weighted by Gasteiger charge is -2.57. The fourth-order valence-electron chi connectivity index (χ4n) is 6.79. The van der Waals surface area contributed by atoms with Crippen LogP contribution < -0.4 is 15.8 Å². The molecule has 41 heavy (non-hydrogen) atoms. The Balaban J connectivity index is 1.05. The van der Waals surface area contributed by atoms with Gasteiger partial charge in [-0.05, 0) is 55.5 Å². The summed E-state index contributed by atoms with van der Waals surface area (Å²) < 4.78 is 45.9. The van der Waals surface area contributed by atoms with Gasteiger partial charge in [0.1, 0.15) is 24.0 Å². The van der Waals surface area contributed by atoms with Crippen molar-refractivity contribution in [3.05, 3.63) is 47.4 Å². The zero-order valence-corrected chi connectivity index (χ0v) is 23.1. The van der Waals surface area contributed by atoms with Gasteiger partial charge in [0.25, 0.3) is 0 Å². The van der Waals surface area contributed by atoms with E-state index in [0.717, 1.165) is 44.4 Å². The molecular formula is C28H37F3N8O2. The standard InChI is InChI=1S/C28H37F3N8O2/c1-37-14-19(25-22-2-6-33-26(22)35-17-34-25)15-39(37)27(16-32)12-20(13-27)38-7-3-21(4-8-38)41-24-11-18(5-9-40)10-23(36-24)28(29,30)31/h2,6,10-11,15,17,20-22,25,40H,3-5,7-9,12-14,16,32H2,1H3,(H,33,34,35)/t20-,22?,25?,27+. The van der Waals surface area contributed by atoms with Crippen LogP contribution in [-0.4, -0.2) is 101 Å². The molecule has 5 heterocycles. The highest BCUT2D eigenvalue weighted by molar-refractivity contribution is 5.96. The third-order valence-corrected chi connectivity index (χ3v) is 8.99. The van der Waals surface area contributed by atoms with Crippen molar-refractivity contribution in [1.29, 1.82) is 0 Å². The zero-order valence-electron chi connectivity index (χ0n) is 23.1. The second-order valence-electron chi connectivity index (χ2n) is 11.6. The van der Waals surface area contributed by atoms with Crippen LogP contribution in [0.15, 0.2) is 46.2 Å². The van der Waals surface area contributed by atoms with Crippen LogP contribution >= 0.6 is 0 Å². The van der Waals surface area contributed by atoms with Crippen molar-refractivity contribution < 1.29 is 23.0 Å². The molecule has 5 aliphatic rings. The van der Waals surface area contributed by atoms with Gasteiger partial charge in [0.2, 0.25) is 5.88 Å². The van der Waals surface area contributed by atoms with Crippen LogP contribution in [0, 0.1) is 5.92 Å². The first kappa shape index (κ1) is 28.1. The van der Waals surface area contributed by atoms with Gasteiger partial charge in [-0.3, -0.25) is 9.89 Å². The number of likely N-dealkylation sites (tertiary alicyclic amines) is 1. The number of aliphatic hydroxyl groups is 1. The number of aromatic nitrogens is 1. The average Bonchev–Trinajstić information content (AvgIpc) is 3.56. The van der Waals surface area contributed by atoms with Gasteiger partial charge in [0.15, 0.2) is 0 Å². The zero-order chi connectivity index (χ0) is 28.8. The first-order chi connectivity index (χ1) is 19.7. The third-order valence-electron chi connectivity index (χ3n) is 8.99. The van der Waals surface area contributed by atoms with Crippen LogP contribution in [0.1, 0.15) is 36.9 Å². The Kier molecular flexibility index (Phi) is 7.55. The molecule has 4 aliphatic heterocycles. The first-order valence-corrected chi connectivity index (χ1v) is 14.2. The van der Waals surface area contributed by atoms with Crippen molar-refractivity contribution in [1.82, 2.24) is 25.2 Å². The minimum Gasteiger partial charge on any atom is -0.474 e. The first-order valence-electron chi connectivity index (χ1n) is 14.2. The number of aliphatic imine (C=N–C) groups is 2. The number of rotatable bonds is 8. The SMILES string of the molecule is CN1CC(C2N=CN=C3NC=CC32)=CN1[C@]1(CN)C[C@H](N2CCC(Oc3cc(CCO)cc(C(F)(F)F)n3)CC2)C1. The molecule has 13 heteroatoms. The van der Waals surface area contributed by atoms with Crippen molar-refractivity contribution in [2.45, 2.75) is 62.0 Å². The fraction of sp³-hybridized carbons (Fsp3) is 0.607. The fourth-order valence-corrected chi connectivity index (χ4v) is 6.79. The number of hydrazine groups is 1. The van der Waals surface area contributed by atoms with Gasteiger partial charge < -0.3 is 25.9 Å². The van der Waals surface area contributed by atoms with E-state index in [1.54, 1.807) is 6.34 Å². The number of aliphatic hydroxyl groups excluding tert-OH is 1. The number of fused-ring (bicyclic) bond motifs is 1. The topological polar surface area (TPSA) is 115 Å². The summed E-state index contributed by atoms with van der Waals surface area (Å²) in [7, 11) is 2.09. The molecule has 1 aromatic rings. The van der Waals surface area contributed by atoms with Gasteiger partial charge in [-0.15, -0.1) is 0 Å². The molecule has 0 amide bonds. The molecule has 0 radical (unpaired) electrons. The molecule has 4 N–H and O–H groups in total. The highest BCUT2D eigenvalue weighted by Crippen LogP contribution is 2.44. The molecule has 1 aliphatic carbocycles. The van der Waals surface area contributed by atoms with Crippen molar-refractivity contribution in [3.8, 4) is 5.88 Å². The maximum absolute atomic E-state index is 13.3. The lowest BCUT2D eigenvalue weighted by molar-refractivity contribution is -0.141. The molecule has 1 saturated carbocycles. The summed E-state index contributed by atoms with van der Waals surface area (Å²) in [6, 6.07) is 2.89. The second kappa shape index (κ2) is 11.0. The molecule has 10 nitrogen and oxygen atoms in total. The van der Waals surface area contributed by atoms with Gasteiger partial charge in [-0.2, -0.15) is 13.2 Å². The molecule has 0 spiro atoms. The summed E-state index contributed by atoms with van der Waals surface area (Å²) in [5.41, 5.74) is 6.85. The summed E-state index contributed by atoms with van der Waals surface area (Å²) in [5, 5.41) is 17.0. The highest BCUT2D eigenvalue weighted by Gasteiger charge is 2.52. The highest BCUT2D eigenvalue weighted by atomic mass is 19.4. The summed E-state index contributed by atoms with van der Waals surface area (Å²) in [6.07, 6.45) is 6.55. The monoisotopic (exact) mass is 574 g/mol. The van der Waals surface area contributed by atoms with Crippen LogP contribution in [0.5, 0.6) is 5.88 Å². The largest absolute Gasteiger partial charge is 0.474 e. The molecule has 1 aromatic heterocycles. The van der Waals surface area contributed by atoms with Crippen LogP contribution in [0.2, 0.25) is 0 Å². The Labute approximate surface area is 237 Å². The average molecular weight is 575 g/mol. The summed E-state index contributed by atoms with van der Waals surface area (Å²) in [4.78, 5) is 15.2. The Bertz CT molecular complexity index is 1250. The van der Waals surface area contributed by atoms with Crippen molar-refractivity contribution in [3.63, 3.8) is 0 Å². The molecule has 0 bridgehead atoms. The Morgan fingerprint density at radius 2 is 2.00 bits per heavy atom. The van der Waals surface area contributed by atoms with Crippen LogP contribution in [0.3, 0.4) is 0 Å². The maximum atomic E-state index is 13.3. The predicted molar refractivity (Wildman–Crippen MR) is 148 cm³/mol. The molecule has 2 atom stereocenters. The summed E-state index contributed by atoms with van der Waals surface area (Å²) >= 11 is 0. The Hall–Kier alpha value is -3.00. The second-order valence-corrected chi connectivity index (χ2v) is 11.6. The lowest BCUT2D eigenvalue weighted by atomic mass is 9.71. The van der Waals surface area contributed by atoms with E-state index < -0.39 is 11.9 Å². The third kappa shape index (κ3) is 5.47. The number of amidine groups is 1. The van der Waals surface area contributed by atoms with E-state index in [1.165, 1.54) is 11.6 Å². The van der Waals surface area contributed by atoms with Gasteiger partial charge in [-0.1, -0.05) is 6.08 Å². The number of piperidine rings is 1. The van der Waals surface area contributed by atoms with E-state index in [0.29, 0.717) is 31.0 Å². The van der Waals surface area contributed by atoms with Crippen molar-refractivity contribution in [2.75, 3.05) is 39.8 Å². The van der Waals surface area contributed by atoms with E-state index in [1.807, 2.05) is 6.20 Å². The van der Waals surface area contributed by atoms with E-state index in [2.05, 4.69) is 54.5 Å². The number of nitrogens with two attached hydrogens (primary N) is 1. The minimum atomic E-state index is -4.57. The Morgan fingerprint density at radius 1 is 1.22 bits per heavy atom. The number of nitrogens with zero attached hydrogens (tertiary/aromatic N) is 6. The minimum absolute atomic E-state index is 0.0250. The van der Waals surface area contributed by atoms with E-state index in [9.17, 15) is 18.3 Å². The molecule has 1 saturated heterocycles. The van der Waals surface area contributed by atoms with E-state index >= 15 is 0 Å².